The minimum absolute atomic E-state index is 0.0654. The number of halogens is 1. The predicted octanol–water partition coefficient (Wildman–Crippen LogP) is 5.26. The molecule has 0 saturated carbocycles. The van der Waals surface area contributed by atoms with Gasteiger partial charge in [0.2, 0.25) is 10.0 Å². The monoisotopic (exact) mass is 527 g/mol. The molecule has 0 N–H and O–H groups in total. The number of rotatable bonds is 6. The van der Waals surface area contributed by atoms with Gasteiger partial charge in [0.1, 0.15) is 0 Å². The molecule has 192 valence electrons. The van der Waals surface area contributed by atoms with Crippen molar-refractivity contribution in [1.29, 1.82) is 0 Å². The standard InChI is InChI=1S/C28H34ClN3O3S/c1-5-31(28(2,3)4)20-21-6-8-22(9-7-21)27(33)30-14-16-32(17-15-30)36(34,35)26-13-11-23-18-25(29)12-10-24(23)19-26/h6-13,18-19H,5,14-17,20H2,1-4H3. The van der Waals surface area contributed by atoms with Gasteiger partial charge in [-0.25, -0.2) is 8.42 Å². The van der Waals surface area contributed by atoms with Gasteiger partial charge in [0, 0.05) is 48.8 Å². The van der Waals surface area contributed by atoms with E-state index in [0.29, 0.717) is 23.7 Å². The van der Waals surface area contributed by atoms with Crippen LogP contribution in [-0.2, 0) is 16.6 Å². The predicted molar refractivity (Wildman–Crippen MR) is 146 cm³/mol. The normalized spacial score (nSPS) is 15.6. The molecule has 3 aromatic rings. The topological polar surface area (TPSA) is 60.9 Å². The summed E-state index contributed by atoms with van der Waals surface area (Å²) in [5.74, 6) is -0.0654. The number of amides is 1. The Morgan fingerprint density at radius 3 is 2.14 bits per heavy atom. The van der Waals surface area contributed by atoms with Gasteiger partial charge in [0.05, 0.1) is 4.90 Å². The maximum absolute atomic E-state index is 13.3. The molecule has 8 heteroatoms. The molecular weight excluding hydrogens is 494 g/mol. The molecule has 1 heterocycles. The van der Waals surface area contributed by atoms with Crippen molar-refractivity contribution >= 4 is 38.3 Å². The van der Waals surface area contributed by atoms with Crippen LogP contribution in [0.3, 0.4) is 0 Å². The number of carbonyl (C=O) groups excluding carboxylic acids is 1. The highest BCUT2D eigenvalue weighted by atomic mass is 35.5. The summed E-state index contributed by atoms with van der Waals surface area (Å²) in [6.07, 6.45) is 0. The van der Waals surface area contributed by atoms with Crippen LogP contribution in [0.1, 0.15) is 43.6 Å². The number of fused-ring (bicyclic) bond motifs is 1. The minimum Gasteiger partial charge on any atom is -0.336 e. The molecule has 3 aromatic carbocycles. The van der Waals surface area contributed by atoms with Crippen LogP contribution in [-0.4, -0.2) is 66.7 Å². The minimum atomic E-state index is -3.65. The largest absolute Gasteiger partial charge is 0.336 e. The first-order chi connectivity index (χ1) is 17.0. The lowest BCUT2D eigenvalue weighted by Gasteiger charge is -2.35. The molecule has 1 aliphatic rings. The molecular formula is C28H34ClN3O3S. The average molecular weight is 528 g/mol. The number of nitrogens with zero attached hydrogens (tertiary/aromatic N) is 3. The summed E-state index contributed by atoms with van der Waals surface area (Å²) in [4.78, 5) is 17.5. The molecule has 0 aromatic heterocycles. The van der Waals surface area contributed by atoms with E-state index in [1.54, 1.807) is 29.2 Å². The summed E-state index contributed by atoms with van der Waals surface area (Å²) in [5.41, 5.74) is 1.86. The molecule has 0 spiro atoms. The highest BCUT2D eigenvalue weighted by molar-refractivity contribution is 7.89. The second-order valence-corrected chi connectivity index (χ2v) is 12.6. The zero-order valence-electron chi connectivity index (χ0n) is 21.4. The molecule has 0 bridgehead atoms. The number of sulfonamides is 1. The van der Waals surface area contributed by atoms with Crippen LogP contribution in [0.25, 0.3) is 10.8 Å². The van der Waals surface area contributed by atoms with Gasteiger partial charge in [-0.1, -0.05) is 42.8 Å². The second-order valence-electron chi connectivity index (χ2n) is 10.2. The van der Waals surface area contributed by atoms with Crippen LogP contribution < -0.4 is 0 Å². The summed E-state index contributed by atoms with van der Waals surface area (Å²) in [6.45, 7) is 11.8. The van der Waals surface area contributed by atoms with Crippen molar-refractivity contribution in [3.8, 4) is 0 Å². The zero-order valence-corrected chi connectivity index (χ0v) is 22.9. The number of piperazine rings is 1. The van der Waals surface area contributed by atoms with E-state index in [1.807, 2.05) is 36.4 Å². The van der Waals surface area contributed by atoms with E-state index in [2.05, 4.69) is 32.6 Å². The molecule has 0 atom stereocenters. The van der Waals surface area contributed by atoms with Gasteiger partial charge in [0.25, 0.3) is 5.91 Å². The first kappa shape index (κ1) is 26.6. The van der Waals surface area contributed by atoms with E-state index in [1.165, 1.54) is 4.31 Å². The fourth-order valence-electron chi connectivity index (χ4n) is 4.61. The third-order valence-corrected chi connectivity index (χ3v) is 8.97. The van der Waals surface area contributed by atoms with Gasteiger partial charge >= 0.3 is 0 Å². The van der Waals surface area contributed by atoms with E-state index in [4.69, 9.17) is 11.6 Å². The first-order valence-electron chi connectivity index (χ1n) is 12.3. The van der Waals surface area contributed by atoms with Crippen molar-refractivity contribution in [2.45, 2.75) is 44.7 Å². The van der Waals surface area contributed by atoms with Crippen molar-refractivity contribution in [3.05, 3.63) is 76.8 Å². The number of hydrogen-bond donors (Lipinski definition) is 0. The third kappa shape index (κ3) is 5.75. The molecule has 0 aliphatic carbocycles. The third-order valence-electron chi connectivity index (χ3n) is 6.84. The second kappa shape index (κ2) is 10.5. The van der Waals surface area contributed by atoms with Gasteiger partial charge in [0.15, 0.2) is 0 Å². The lowest BCUT2D eigenvalue weighted by molar-refractivity contribution is 0.0697. The van der Waals surface area contributed by atoms with Crippen molar-refractivity contribution in [3.63, 3.8) is 0 Å². The molecule has 0 radical (unpaired) electrons. The number of benzene rings is 3. The van der Waals surface area contributed by atoms with Gasteiger partial charge in [-0.2, -0.15) is 4.31 Å². The highest BCUT2D eigenvalue weighted by Gasteiger charge is 2.30. The van der Waals surface area contributed by atoms with Crippen molar-refractivity contribution < 1.29 is 13.2 Å². The Labute approximate surface area is 219 Å². The Hall–Kier alpha value is -2.45. The molecule has 36 heavy (non-hydrogen) atoms. The van der Waals surface area contributed by atoms with E-state index in [9.17, 15) is 13.2 Å². The Bertz CT molecular complexity index is 1340. The van der Waals surface area contributed by atoms with Crippen LogP contribution >= 0.6 is 11.6 Å². The quantitative estimate of drug-likeness (QED) is 0.438. The Balaban J connectivity index is 1.40. The SMILES string of the molecule is CCN(Cc1ccc(C(=O)N2CCN(S(=O)(=O)c3ccc4cc(Cl)ccc4c3)CC2)cc1)C(C)(C)C. The first-order valence-corrected chi connectivity index (χ1v) is 14.1. The van der Waals surface area contributed by atoms with Crippen LogP contribution in [0.4, 0.5) is 0 Å². The summed E-state index contributed by atoms with van der Waals surface area (Å²) in [7, 11) is -3.65. The highest BCUT2D eigenvalue weighted by Crippen LogP contribution is 2.25. The summed E-state index contributed by atoms with van der Waals surface area (Å²) < 4.78 is 28.0. The zero-order chi connectivity index (χ0) is 26.1. The smallest absolute Gasteiger partial charge is 0.253 e. The van der Waals surface area contributed by atoms with Gasteiger partial charge in [-0.15, -0.1) is 0 Å². The van der Waals surface area contributed by atoms with Gasteiger partial charge < -0.3 is 4.90 Å². The molecule has 4 rings (SSSR count). The van der Waals surface area contributed by atoms with Gasteiger partial charge in [-0.3, -0.25) is 9.69 Å². The summed E-state index contributed by atoms with van der Waals surface area (Å²) >= 11 is 6.04. The summed E-state index contributed by atoms with van der Waals surface area (Å²) in [5, 5.41) is 2.33. The molecule has 1 fully saturated rings. The Kier molecular flexibility index (Phi) is 7.76. The Morgan fingerprint density at radius 1 is 0.917 bits per heavy atom. The van der Waals surface area contributed by atoms with Crippen LogP contribution in [0.2, 0.25) is 5.02 Å². The molecule has 6 nitrogen and oxygen atoms in total. The van der Waals surface area contributed by atoms with Crippen LogP contribution in [0, 0.1) is 0 Å². The van der Waals surface area contributed by atoms with Crippen molar-refractivity contribution in [1.82, 2.24) is 14.1 Å². The number of carbonyl (C=O) groups is 1. The fraction of sp³-hybridized carbons (Fsp3) is 0.393. The lowest BCUT2D eigenvalue weighted by atomic mass is 10.0. The van der Waals surface area contributed by atoms with Crippen molar-refractivity contribution in [2.24, 2.45) is 0 Å². The van der Waals surface area contributed by atoms with E-state index < -0.39 is 10.0 Å². The molecule has 0 unspecified atom stereocenters. The van der Waals surface area contributed by atoms with Crippen molar-refractivity contribution in [2.75, 3.05) is 32.7 Å². The van der Waals surface area contributed by atoms with Gasteiger partial charge in [-0.05, 0) is 80.1 Å². The molecule has 1 amide bonds. The van der Waals surface area contributed by atoms with Crippen LogP contribution in [0.15, 0.2) is 65.6 Å². The maximum atomic E-state index is 13.3. The summed E-state index contributed by atoms with van der Waals surface area (Å²) in [6, 6.07) is 18.2. The Morgan fingerprint density at radius 2 is 1.53 bits per heavy atom. The molecule has 1 saturated heterocycles. The van der Waals surface area contributed by atoms with E-state index in [0.717, 1.165) is 29.4 Å². The average Bonchev–Trinajstić information content (AvgIpc) is 2.86. The van der Waals surface area contributed by atoms with E-state index >= 15 is 0 Å². The number of hydrogen-bond acceptors (Lipinski definition) is 4. The van der Waals surface area contributed by atoms with E-state index in [-0.39, 0.29) is 29.4 Å². The fourth-order valence-corrected chi connectivity index (χ4v) is 6.25. The van der Waals surface area contributed by atoms with Crippen LogP contribution in [0.5, 0.6) is 0 Å². The molecule has 1 aliphatic heterocycles. The lowest BCUT2D eigenvalue weighted by Crippen LogP contribution is -2.50. The maximum Gasteiger partial charge on any atom is 0.253 e.